The minimum Gasteiger partial charge on any atom is -0.465 e. The summed E-state index contributed by atoms with van der Waals surface area (Å²) < 4.78 is 5.75. The molecule has 3 N–H and O–H groups in total. The predicted molar refractivity (Wildman–Crippen MR) is 76.1 cm³/mol. The number of carbonyl (C=O) groups excluding carboxylic acids is 1. The van der Waals surface area contributed by atoms with E-state index < -0.39 is 0 Å². The van der Waals surface area contributed by atoms with Crippen LogP contribution in [0.5, 0.6) is 0 Å². The Hall–Kier alpha value is -2.26. The molecule has 0 unspecified atom stereocenters. The molecule has 1 aromatic carbocycles. The van der Waals surface area contributed by atoms with Crippen LogP contribution >= 0.6 is 11.3 Å². The monoisotopic (exact) mass is 275 g/mol. The van der Waals surface area contributed by atoms with Crippen LogP contribution in [0.4, 0.5) is 11.4 Å². The van der Waals surface area contributed by atoms with E-state index in [9.17, 15) is 4.79 Å². The maximum Gasteiger partial charge on any atom is 0.325 e. The molecule has 0 aliphatic carbocycles. The number of esters is 1. The van der Waals surface area contributed by atoms with Gasteiger partial charge >= 0.3 is 5.97 Å². The van der Waals surface area contributed by atoms with Crippen molar-refractivity contribution in [2.75, 3.05) is 24.2 Å². The molecule has 0 aliphatic heterocycles. The third-order valence-corrected chi connectivity index (χ3v) is 3.65. The zero-order valence-corrected chi connectivity index (χ0v) is 11.2. The van der Waals surface area contributed by atoms with E-state index in [1.54, 1.807) is 6.92 Å². The van der Waals surface area contributed by atoms with Crippen LogP contribution in [-0.4, -0.2) is 19.1 Å². The summed E-state index contributed by atoms with van der Waals surface area (Å²) in [6.45, 7) is 2.25. The molecule has 0 radical (unpaired) electrons. The van der Waals surface area contributed by atoms with Crippen molar-refractivity contribution in [3.63, 3.8) is 0 Å². The van der Waals surface area contributed by atoms with Gasteiger partial charge in [-0.15, -0.1) is 11.3 Å². The molecule has 98 valence electrons. The van der Waals surface area contributed by atoms with Gasteiger partial charge in [-0.3, -0.25) is 4.79 Å². The van der Waals surface area contributed by atoms with Gasteiger partial charge in [-0.05, 0) is 25.1 Å². The van der Waals surface area contributed by atoms with E-state index >= 15 is 0 Å². The SMILES string of the molecule is CCOC(=O)CNc1ccc2c(N)c(C#N)sc2c1. The average Bonchev–Trinajstić information content (AvgIpc) is 2.73. The first-order valence-corrected chi connectivity index (χ1v) is 6.59. The maximum absolute atomic E-state index is 11.2. The Morgan fingerprint density at radius 1 is 1.58 bits per heavy atom. The molecule has 0 saturated carbocycles. The fourth-order valence-electron chi connectivity index (χ4n) is 1.70. The third kappa shape index (κ3) is 2.77. The number of nitrogens with zero attached hydrogens (tertiary/aromatic N) is 1. The Morgan fingerprint density at radius 3 is 3.05 bits per heavy atom. The lowest BCUT2D eigenvalue weighted by molar-refractivity contribution is -0.140. The van der Waals surface area contributed by atoms with Gasteiger partial charge in [0, 0.05) is 15.8 Å². The van der Waals surface area contributed by atoms with Crippen molar-refractivity contribution in [2.24, 2.45) is 0 Å². The second-order valence-electron chi connectivity index (χ2n) is 3.83. The number of nitrogens with two attached hydrogens (primary N) is 1. The van der Waals surface area contributed by atoms with Gasteiger partial charge in [0.05, 0.1) is 12.3 Å². The lowest BCUT2D eigenvalue weighted by Crippen LogP contribution is -2.16. The van der Waals surface area contributed by atoms with Gasteiger partial charge in [0.15, 0.2) is 0 Å². The molecule has 0 amide bonds. The molecule has 5 nitrogen and oxygen atoms in total. The van der Waals surface area contributed by atoms with Crippen molar-refractivity contribution < 1.29 is 9.53 Å². The molecule has 0 fully saturated rings. The van der Waals surface area contributed by atoms with Crippen molar-refractivity contribution in [2.45, 2.75) is 6.92 Å². The number of carbonyl (C=O) groups is 1. The van der Waals surface area contributed by atoms with Crippen molar-refractivity contribution in [3.05, 3.63) is 23.1 Å². The number of nitrogen functional groups attached to an aromatic ring is 1. The van der Waals surface area contributed by atoms with Gasteiger partial charge in [0.1, 0.15) is 17.5 Å². The number of ether oxygens (including phenoxy) is 1. The zero-order chi connectivity index (χ0) is 13.8. The standard InChI is InChI=1S/C13H13N3O2S/c1-2-18-12(17)7-16-8-3-4-9-10(5-8)19-11(6-14)13(9)15/h3-5,16H,2,7,15H2,1H3. The first kappa shape index (κ1) is 13.2. The third-order valence-electron chi connectivity index (χ3n) is 2.57. The molecule has 2 rings (SSSR count). The lowest BCUT2D eigenvalue weighted by atomic mass is 10.2. The lowest BCUT2D eigenvalue weighted by Gasteiger charge is -2.05. The normalized spacial score (nSPS) is 10.1. The molecule has 1 heterocycles. The fourth-order valence-corrected chi connectivity index (χ4v) is 2.66. The van der Waals surface area contributed by atoms with E-state index in [1.807, 2.05) is 18.2 Å². The van der Waals surface area contributed by atoms with E-state index in [4.69, 9.17) is 15.7 Å². The summed E-state index contributed by atoms with van der Waals surface area (Å²) in [6.07, 6.45) is 0. The van der Waals surface area contributed by atoms with Crippen LogP contribution in [0.3, 0.4) is 0 Å². The number of benzene rings is 1. The quantitative estimate of drug-likeness (QED) is 0.836. The number of hydrogen-bond donors (Lipinski definition) is 2. The Labute approximate surface area is 114 Å². The van der Waals surface area contributed by atoms with Crippen molar-refractivity contribution in [1.29, 1.82) is 5.26 Å². The van der Waals surface area contributed by atoms with Gasteiger partial charge in [-0.1, -0.05) is 0 Å². The molecular weight excluding hydrogens is 262 g/mol. The van der Waals surface area contributed by atoms with Gasteiger partial charge < -0.3 is 15.8 Å². The highest BCUT2D eigenvalue weighted by molar-refractivity contribution is 7.20. The molecule has 0 atom stereocenters. The highest BCUT2D eigenvalue weighted by atomic mass is 32.1. The number of fused-ring (bicyclic) bond motifs is 1. The topological polar surface area (TPSA) is 88.1 Å². The summed E-state index contributed by atoms with van der Waals surface area (Å²) in [4.78, 5) is 11.8. The summed E-state index contributed by atoms with van der Waals surface area (Å²) in [7, 11) is 0. The number of nitriles is 1. The minimum atomic E-state index is -0.300. The Bertz CT molecular complexity index is 658. The van der Waals surface area contributed by atoms with Crippen LogP contribution in [-0.2, 0) is 9.53 Å². The van der Waals surface area contributed by atoms with Crippen LogP contribution in [0, 0.1) is 11.3 Å². The minimum absolute atomic E-state index is 0.116. The van der Waals surface area contributed by atoms with E-state index in [2.05, 4.69) is 11.4 Å². The summed E-state index contributed by atoms with van der Waals surface area (Å²) in [5.74, 6) is -0.300. The van der Waals surface area contributed by atoms with Gasteiger partial charge in [0.2, 0.25) is 0 Å². The molecular formula is C13H13N3O2S. The zero-order valence-electron chi connectivity index (χ0n) is 10.4. The second-order valence-corrected chi connectivity index (χ2v) is 4.88. The van der Waals surface area contributed by atoms with Crippen LogP contribution in [0.15, 0.2) is 18.2 Å². The van der Waals surface area contributed by atoms with Crippen molar-refractivity contribution in [3.8, 4) is 6.07 Å². The summed E-state index contributed by atoms with van der Waals surface area (Å²) >= 11 is 1.34. The first-order valence-electron chi connectivity index (χ1n) is 5.77. The number of hydrogen-bond acceptors (Lipinski definition) is 6. The van der Waals surface area contributed by atoms with Crippen LogP contribution < -0.4 is 11.1 Å². The summed E-state index contributed by atoms with van der Waals surface area (Å²) in [5, 5.41) is 12.8. The van der Waals surface area contributed by atoms with Crippen LogP contribution in [0.2, 0.25) is 0 Å². The smallest absolute Gasteiger partial charge is 0.325 e. The molecule has 0 aliphatic rings. The summed E-state index contributed by atoms with van der Waals surface area (Å²) in [6, 6.07) is 7.61. The van der Waals surface area contributed by atoms with E-state index in [0.717, 1.165) is 15.8 Å². The molecule has 0 spiro atoms. The van der Waals surface area contributed by atoms with E-state index in [1.165, 1.54) is 11.3 Å². The average molecular weight is 275 g/mol. The molecule has 1 aromatic heterocycles. The molecule has 19 heavy (non-hydrogen) atoms. The number of thiophene rings is 1. The molecule has 2 aromatic rings. The van der Waals surface area contributed by atoms with Gasteiger partial charge in [0.25, 0.3) is 0 Å². The van der Waals surface area contributed by atoms with E-state index in [0.29, 0.717) is 17.2 Å². The number of nitrogens with one attached hydrogen (secondary N) is 1. The van der Waals surface area contributed by atoms with Crippen LogP contribution in [0.1, 0.15) is 11.8 Å². The Balaban J connectivity index is 2.18. The number of rotatable bonds is 4. The largest absolute Gasteiger partial charge is 0.465 e. The molecule has 6 heteroatoms. The number of anilines is 2. The Kier molecular flexibility index (Phi) is 3.88. The second kappa shape index (κ2) is 5.59. The van der Waals surface area contributed by atoms with Gasteiger partial charge in [-0.2, -0.15) is 5.26 Å². The van der Waals surface area contributed by atoms with Crippen molar-refractivity contribution in [1.82, 2.24) is 0 Å². The first-order chi connectivity index (χ1) is 9.15. The van der Waals surface area contributed by atoms with Gasteiger partial charge in [-0.25, -0.2) is 0 Å². The van der Waals surface area contributed by atoms with Crippen molar-refractivity contribution >= 4 is 38.8 Å². The maximum atomic E-state index is 11.2. The molecule has 0 bridgehead atoms. The summed E-state index contributed by atoms with van der Waals surface area (Å²) in [5.41, 5.74) is 7.17. The predicted octanol–water partition coefficient (Wildman–Crippen LogP) is 2.33. The van der Waals surface area contributed by atoms with Crippen LogP contribution in [0.25, 0.3) is 10.1 Å². The van der Waals surface area contributed by atoms with E-state index in [-0.39, 0.29) is 12.5 Å². The highest BCUT2D eigenvalue weighted by Gasteiger charge is 2.09. The fraction of sp³-hybridized carbons (Fsp3) is 0.231. The molecule has 0 saturated heterocycles. The Morgan fingerprint density at radius 2 is 2.37 bits per heavy atom. The highest BCUT2D eigenvalue weighted by Crippen LogP contribution is 2.34.